The summed E-state index contributed by atoms with van der Waals surface area (Å²) in [6, 6.07) is 0. The highest BCUT2D eigenvalue weighted by Gasteiger charge is 2.56. The second-order valence-electron chi connectivity index (χ2n) is 2.30. The lowest BCUT2D eigenvalue weighted by atomic mass is 10.0. The van der Waals surface area contributed by atoms with Crippen LogP contribution in [-0.2, 0) is 0 Å². The van der Waals surface area contributed by atoms with E-state index in [1.807, 2.05) is 0 Å². The van der Waals surface area contributed by atoms with Crippen LogP contribution in [0.25, 0.3) is 0 Å². The van der Waals surface area contributed by atoms with E-state index in [-0.39, 0.29) is 0 Å². The van der Waals surface area contributed by atoms with Crippen LogP contribution in [0.1, 0.15) is 12.8 Å². The van der Waals surface area contributed by atoms with Crippen LogP contribution < -0.4 is 0 Å². The van der Waals surface area contributed by atoms with Crippen LogP contribution >= 0.6 is 0 Å². The van der Waals surface area contributed by atoms with Crippen molar-refractivity contribution in [3.05, 3.63) is 5.92 Å². The second kappa shape index (κ2) is 4.17. The summed E-state index contributed by atoms with van der Waals surface area (Å²) in [6.45, 7) is -0.699. The Morgan fingerprint density at radius 2 is 1.31 bits per heavy atom. The van der Waals surface area contributed by atoms with Gasteiger partial charge in [-0.05, 0) is 12.8 Å². The van der Waals surface area contributed by atoms with Gasteiger partial charge in [0.1, 0.15) is 0 Å². The topological polar surface area (TPSA) is 20.2 Å². The van der Waals surface area contributed by atoms with Gasteiger partial charge in [0.25, 0.3) is 0 Å². The minimum atomic E-state index is -5.37. The molecule has 0 rings (SSSR count). The third-order valence-corrected chi connectivity index (χ3v) is 1.27. The molecule has 1 N–H and O–H groups in total. The lowest BCUT2D eigenvalue weighted by Gasteiger charge is -2.21. The van der Waals surface area contributed by atoms with E-state index in [1.54, 1.807) is 0 Å². The number of halogens is 6. The first kappa shape index (κ1) is 12.5. The molecule has 1 nitrogen and oxygen atoms in total. The van der Waals surface area contributed by atoms with Crippen LogP contribution in [0, 0.1) is 5.92 Å². The Balaban J connectivity index is 4.39. The molecule has 0 aromatic rings. The molecule has 0 aromatic carbocycles. The Bertz CT molecular complexity index is 134. The van der Waals surface area contributed by atoms with Crippen molar-refractivity contribution in [1.29, 1.82) is 0 Å². The fraction of sp³-hybridized carbons (Fsp3) is 0.833. The number of alkyl halides is 6. The third-order valence-electron chi connectivity index (χ3n) is 1.27. The van der Waals surface area contributed by atoms with E-state index in [1.165, 1.54) is 0 Å². The molecule has 1 radical (unpaired) electrons. The highest BCUT2D eigenvalue weighted by molar-refractivity contribution is 5.04. The lowest BCUT2D eigenvalue weighted by molar-refractivity contribution is -0.207. The summed E-state index contributed by atoms with van der Waals surface area (Å²) in [5.74, 6) is -2.45. The molecule has 0 saturated heterocycles. The molecule has 0 spiro atoms. The number of aliphatic hydroxyl groups is 1. The average molecular weight is 209 g/mol. The van der Waals surface area contributed by atoms with Crippen LogP contribution in [-0.4, -0.2) is 24.1 Å². The molecular weight excluding hydrogens is 202 g/mol. The summed E-state index contributed by atoms with van der Waals surface area (Å²) < 4.78 is 70.2. The SMILES string of the molecule is OCCC[C](C(F)(F)F)C(F)(F)F. The maximum atomic E-state index is 11.7. The zero-order valence-corrected chi connectivity index (χ0v) is 6.34. The second-order valence-corrected chi connectivity index (χ2v) is 2.30. The fourth-order valence-electron chi connectivity index (χ4n) is 0.700. The number of aliphatic hydroxyl groups excluding tert-OH is 1. The van der Waals surface area contributed by atoms with Crippen molar-refractivity contribution in [2.45, 2.75) is 25.2 Å². The van der Waals surface area contributed by atoms with Gasteiger partial charge < -0.3 is 5.11 Å². The van der Waals surface area contributed by atoms with E-state index in [2.05, 4.69) is 0 Å². The number of hydrogen-bond acceptors (Lipinski definition) is 1. The molecule has 0 heterocycles. The van der Waals surface area contributed by atoms with Crippen molar-refractivity contribution in [3.8, 4) is 0 Å². The van der Waals surface area contributed by atoms with Crippen molar-refractivity contribution < 1.29 is 31.4 Å². The summed E-state index contributed by atoms with van der Waals surface area (Å²) in [5, 5.41) is 8.10. The molecule has 0 unspecified atom stereocenters. The van der Waals surface area contributed by atoms with Crippen molar-refractivity contribution in [1.82, 2.24) is 0 Å². The largest absolute Gasteiger partial charge is 0.404 e. The zero-order chi connectivity index (χ0) is 10.7. The summed E-state index contributed by atoms with van der Waals surface area (Å²) in [6.07, 6.45) is -12.5. The molecule has 0 fully saturated rings. The van der Waals surface area contributed by atoms with Crippen LogP contribution in [0.3, 0.4) is 0 Å². The lowest BCUT2D eigenvalue weighted by Crippen LogP contribution is -2.34. The Hall–Kier alpha value is -0.460. The molecule has 0 aromatic heterocycles. The quantitative estimate of drug-likeness (QED) is 0.708. The Morgan fingerprint density at radius 3 is 1.54 bits per heavy atom. The van der Waals surface area contributed by atoms with E-state index < -0.39 is 37.7 Å². The van der Waals surface area contributed by atoms with Crippen molar-refractivity contribution >= 4 is 0 Å². The average Bonchev–Trinajstić information content (AvgIpc) is 1.81. The predicted molar refractivity (Wildman–Crippen MR) is 31.7 cm³/mol. The highest BCUT2D eigenvalue weighted by Crippen LogP contribution is 2.43. The predicted octanol–water partition coefficient (Wildman–Crippen LogP) is 2.46. The van der Waals surface area contributed by atoms with Gasteiger partial charge in [0.05, 0.1) is 0 Å². The number of hydrogen-bond donors (Lipinski definition) is 1. The van der Waals surface area contributed by atoms with Crippen LogP contribution in [0.2, 0.25) is 0 Å². The van der Waals surface area contributed by atoms with E-state index in [9.17, 15) is 26.3 Å². The number of rotatable bonds is 3. The first-order chi connectivity index (χ1) is 5.69. The van der Waals surface area contributed by atoms with Crippen LogP contribution in [0.4, 0.5) is 26.3 Å². The molecule has 79 valence electrons. The monoisotopic (exact) mass is 209 g/mol. The van der Waals surface area contributed by atoms with Crippen LogP contribution in [0.15, 0.2) is 0 Å². The molecule has 0 bridgehead atoms. The molecule has 0 atom stereocenters. The van der Waals surface area contributed by atoms with Crippen molar-refractivity contribution in [2.24, 2.45) is 0 Å². The van der Waals surface area contributed by atoms with Gasteiger partial charge in [-0.3, -0.25) is 0 Å². The molecule has 0 aliphatic carbocycles. The standard InChI is InChI=1S/C6H7F6O/c7-5(8,9)4(2-1-3-13)6(10,11)12/h13H,1-3H2. The van der Waals surface area contributed by atoms with Gasteiger partial charge >= 0.3 is 12.4 Å². The molecule has 0 amide bonds. The van der Waals surface area contributed by atoms with E-state index in [4.69, 9.17) is 5.11 Å². The highest BCUT2D eigenvalue weighted by atomic mass is 19.4. The Labute approximate surface area is 70.4 Å². The summed E-state index contributed by atoms with van der Waals surface area (Å²) in [5.41, 5.74) is 0. The zero-order valence-electron chi connectivity index (χ0n) is 6.34. The minimum absolute atomic E-state index is 0.547. The van der Waals surface area contributed by atoms with Gasteiger partial charge in [0.2, 0.25) is 0 Å². The normalized spacial score (nSPS) is 13.8. The molecule has 0 aliphatic heterocycles. The van der Waals surface area contributed by atoms with E-state index in [0.29, 0.717) is 0 Å². The maximum absolute atomic E-state index is 11.7. The van der Waals surface area contributed by atoms with Gasteiger partial charge in [-0.25, -0.2) is 0 Å². The fourth-order valence-corrected chi connectivity index (χ4v) is 0.700. The molecule has 0 saturated carbocycles. The first-order valence-electron chi connectivity index (χ1n) is 3.30. The van der Waals surface area contributed by atoms with Gasteiger partial charge in [-0.15, -0.1) is 0 Å². The van der Waals surface area contributed by atoms with Gasteiger partial charge in [0.15, 0.2) is 5.92 Å². The van der Waals surface area contributed by atoms with Gasteiger partial charge in [-0.1, -0.05) is 0 Å². The maximum Gasteiger partial charge on any atom is 0.404 e. The smallest absolute Gasteiger partial charge is 0.396 e. The third kappa shape index (κ3) is 4.35. The molecular formula is C6H7F6O. The van der Waals surface area contributed by atoms with Gasteiger partial charge in [0, 0.05) is 6.61 Å². The summed E-state index contributed by atoms with van der Waals surface area (Å²) in [4.78, 5) is 0. The molecule has 7 heteroatoms. The molecule has 0 aliphatic rings. The summed E-state index contributed by atoms with van der Waals surface area (Å²) >= 11 is 0. The van der Waals surface area contributed by atoms with Gasteiger partial charge in [-0.2, -0.15) is 26.3 Å². The van der Waals surface area contributed by atoms with E-state index >= 15 is 0 Å². The Morgan fingerprint density at radius 1 is 0.923 bits per heavy atom. The van der Waals surface area contributed by atoms with Crippen molar-refractivity contribution in [2.75, 3.05) is 6.61 Å². The van der Waals surface area contributed by atoms with E-state index in [0.717, 1.165) is 0 Å². The first-order valence-corrected chi connectivity index (χ1v) is 3.30. The Kier molecular flexibility index (Phi) is 4.02. The minimum Gasteiger partial charge on any atom is -0.396 e. The van der Waals surface area contributed by atoms with Crippen molar-refractivity contribution in [3.63, 3.8) is 0 Å². The summed E-state index contributed by atoms with van der Waals surface area (Å²) in [7, 11) is 0. The van der Waals surface area contributed by atoms with Crippen LogP contribution in [0.5, 0.6) is 0 Å². The molecule has 13 heavy (non-hydrogen) atoms.